The molecule has 0 bridgehead atoms. The van der Waals surface area contributed by atoms with Crippen LogP contribution in [0.3, 0.4) is 0 Å². The van der Waals surface area contributed by atoms with Crippen LogP contribution in [0.2, 0.25) is 0 Å². The second-order valence-corrected chi connectivity index (χ2v) is 3.86. The minimum atomic E-state index is -0.285. The average Bonchev–Trinajstić information content (AvgIpc) is 1.67. The Bertz CT molecular complexity index is 96.7. The van der Waals surface area contributed by atoms with Crippen LogP contribution in [-0.2, 0) is 4.79 Å². The molecule has 0 fully saturated rings. The lowest BCUT2D eigenvalue weighted by molar-refractivity contribution is -0.118. The van der Waals surface area contributed by atoms with Crippen molar-refractivity contribution < 1.29 is 4.79 Å². The number of rotatable bonds is 2. The molecule has 0 aliphatic rings. The van der Waals surface area contributed by atoms with Crippen LogP contribution in [0.1, 0.15) is 27.2 Å². The lowest BCUT2D eigenvalue weighted by Crippen LogP contribution is -2.23. The van der Waals surface area contributed by atoms with Gasteiger partial charge in [0, 0.05) is 0 Å². The molecule has 1 atom stereocenters. The molecule has 0 heterocycles. The zero-order chi connectivity index (χ0) is 6.78. The maximum atomic E-state index is 10.6. The molecule has 0 aromatic carbocycles. The molecule has 0 aromatic heterocycles. The number of halogens is 1. The van der Waals surface area contributed by atoms with Crippen LogP contribution < -0.4 is 0 Å². The standard InChI is InChI=1S/C6H11BrO/c1-4-6(3,7)5(2)8/h4H2,1-3H3. The van der Waals surface area contributed by atoms with Crippen molar-refractivity contribution in [2.24, 2.45) is 0 Å². The van der Waals surface area contributed by atoms with Crippen LogP contribution in [0.15, 0.2) is 0 Å². The maximum Gasteiger partial charge on any atom is 0.146 e. The number of alkyl halides is 1. The van der Waals surface area contributed by atoms with Gasteiger partial charge in [0.2, 0.25) is 0 Å². The van der Waals surface area contributed by atoms with Crippen LogP contribution >= 0.6 is 15.9 Å². The third-order valence-corrected chi connectivity index (χ3v) is 2.52. The normalized spacial score (nSPS) is 17.5. The number of hydrogen-bond donors (Lipinski definition) is 0. The first-order valence-electron chi connectivity index (χ1n) is 2.70. The Labute approximate surface area is 58.6 Å². The summed E-state index contributed by atoms with van der Waals surface area (Å²) in [4.78, 5) is 10.6. The molecule has 8 heavy (non-hydrogen) atoms. The third-order valence-electron chi connectivity index (χ3n) is 1.40. The summed E-state index contributed by atoms with van der Waals surface area (Å²) < 4.78 is -0.285. The molecule has 0 aliphatic carbocycles. The molecular formula is C6H11BrO. The van der Waals surface area contributed by atoms with E-state index < -0.39 is 0 Å². The van der Waals surface area contributed by atoms with Gasteiger partial charge in [-0.3, -0.25) is 4.79 Å². The molecule has 48 valence electrons. The third kappa shape index (κ3) is 1.95. The van der Waals surface area contributed by atoms with Crippen molar-refractivity contribution in [3.05, 3.63) is 0 Å². The van der Waals surface area contributed by atoms with E-state index >= 15 is 0 Å². The van der Waals surface area contributed by atoms with Crippen LogP contribution in [0.25, 0.3) is 0 Å². The van der Waals surface area contributed by atoms with Gasteiger partial charge in [-0.15, -0.1) is 0 Å². The van der Waals surface area contributed by atoms with Gasteiger partial charge in [0.05, 0.1) is 4.32 Å². The predicted molar refractivity (Wildman–Crippen MR) is 38.3 cm³/mol. The second-order valence-electron chi connectivity index (χ2n) is 2.11. The van der Waals surface area contributed by atoms with Crippen molar-refractivity contribution in [2.45, 2.75) is 31.5 Å². The molecule has 1 nitrogen and oxygen atoms in total. The van der Waals surface area contributed by atoms with Crippen LogP contribution in [0.5, 0.6) is 0 Å². The maximum absolute atomic E-state index is 10.6. The molecular weight excluding hydrogens is 168 g/mol. The summed E-state index contributed by atoms with van der Waals surface area (Å²) >= 11 is 3.30. The lowest BCUT2D eigenvalue weighted by Gasteiger charge is -2.14. The SMILES string of the molecule is CCC(C)(Br)C(C)=O. The molecule has 0 N–H and O–H groups in total. The number of Topliss-reactive ketones (excluding diaryl/α,β-unsaturated/α-hetero) is 1. The zero-order valence-electron chi connectivity index (χ0n) is 5.49. The first-order chi connectivity index (χ1) is 3.50. The summed E-state index contributed by atoms with van der Waals surface area (Å²) in [6.07, 6.45) is 0.850. The van der Waals surface area contributed by atoms with Crippen molar-refractivity contribution in [3.63, 3.8) is 0 Å². The number of ketones is 1. The van der Waals surface area contributed by atoms with E-state index in [2.05, 4.69) is 15.9 Å². The van der Waals surface area contributed by atoms with E-state index in [0.29, 0.717) is 0 Å². The minimum Gasteiger partial charge on any atom is -0.298 e. The fourth-order valence-corrected chi connectivity index (χ4v) is 0.249. The first-order valence-corrected chi connectivity index (χ1v) is 3.50. The summed E-state index contributed by atoms with van der Waals surface area (Å²) in [6, 6.07) is 0. The van der Waals surface area contributed by atoms with E-state index in [4.69, 9.17) is 0 Å². The van der Waals surface area contributed by atoms with Gasteiger partial charge in [0.1, 0.15) is 5.78 Å². The van der Waals surface area contributed by atoms with Crippen molar-refractivity contribution >= 4 is 21.7 Å². The topological polar surface area (TPSA) is 17.1 Å². The minimum absolute atomic E-state index is 0.194. The number of carbonyl (C=O) groups excluding carboxylic acids is 1. The van der Waals surface area contributed by atoms with Crippen molar-refractivity contribution in [3.8, 4) is 0 Å². The van der Waals surface area contributed by atoms with Gasteiger partial charge in [0.25, 0.3) is 0 Å². The molecule has 0 saturated carbocycles. The molecule has 0 rings (SSSR count). The van der Waals surface area contributed by atoms with Gasteiger partial charge in [-0.2, -0.15) is 0 Å². The fraction of sp³-hybridized carbons (Fsp3) is 0.833. The summed E-state index contributed by atoms with van der Waals surface area (Å²) in [5.74, 6) is 0.194. The molecule has 0 amide bonds. The monoisotopic (exact) mass is 178 g/mol. The molecule has 0 saturated heterocycles. The van der Waals surface area contributed by atoms with Gasteiger partial charge in [-0.05, 0) is 20.3 Å². The Morgan fingerprint density at radius 1 is 1.75 bits per heavy atom. The van der Waals surface area contributed by atoms with Gasteiger partial charge in [-0.1, -0.05) is 22.9 Å². The van der Waals surface area contributed by atoms with Crippen LogP contribution in [0, 0.1) is 0 Å². The van der Waals surface area contributed by atoms with E-state index in [1.165, 1.54) is 0 Å². The Balaban J connectivity index is 3.91. The average molecular weight is 179 g/mol. The lowest BCUT2D eigenvalue weighted by atomic mass is 10.1. The Morgan fingerprint density at radius 2 is 2.12 bits per heavy atom. The molecule has 0 spiro atoms. The summed E-state index contributed by atoms with van der Waals surface area (Å²) in [6.45, 7) is 5.46. The van der Waals surface area contributed by atoms with Crippen molar-refractivity contribution in [1.29, 1.82) is 0 Å². The largest absolute Gasteiger partial charge is 0.298 e. The van der Waals surface area contributed by atoms with E-state index in [9.17, 15) is 4.79 Å². The quantitative estimate of drug-likeness (QED) is 0.593. The van der Waals surface area contributed by atoms with Gasteiger partial charge in [0.15, 0.2) is 0 Å². The Kier molecular flexibility index (Phi) is 2.67. The summed E-state index contributed by atoms with van der Waals surface area (Å²) in [7, 11) is 0. The number of carbonyl (C=O) groups is 1. The van der Waals surface area contributed by atoms with Gasteiger partial charge in [-0.25, -0.2) is 0 Å². The van der Waals surface area contributed by atoms with Crippen molar-refractivity contribution in [2.75, 3.05) is 0 Å². The van der Waals surface area contributed by atoms with Crippen molar-refractivity contribution in [1.82, 2.24) is 0 Å². The molecule has 1 unspecified atom stereocenters. The van der Waals surface area contributed by atoms with E-state index in [-0.39, 0.29) is 10.1 Å². The van der Waals surface area contributed by atoms with Crippen LogP contribution in [-0.4, -0.2) is 10.1 Å². The van der Waals surface area contributed by atoms with E-state index in [1.807, 2.05) is 13.8 Å². The molecule has 0 aliphatic heterocycles. The smallest absolute Gasteiger partial charge is 0.146 e. The molecule has 0 aromatic rings. The highest BCUT2D eigenvalue weighted by molar-refractivity contribution is 9.10. The van der Waals surface area contributed by atoms with Crippen LogP contribution in [0.4, 0.5) is 0 Å². The van der Waals surface area contributed by atoms with Gasteiger partial charge < -0.3 is 0 Å². The Morgan fingerprint density at radius 3 is 2.12 bits per heavy atom. The summed E-state index contributed by atoms with van der Waals surface area (Å²) in [5.41, 5.74) is 0. The second kappa shape index (κ2) is 2.62. The highest BCUT2D eigenvalue weighted by Crippen LogP contribution is 2.21. The first kappa shape index (κ1) is 8.15. The van der Waals surface area contributed by atoms with E-state index in [0.717, 1.165) is 6.42 Å². The predicted octanol–water partition coefficient (Wildman–Crippen LogP) is 2.14. The zero-order valence-corrected chi connectivity index (χ0v) is 7.08. The van der Waals surface area contributed by atoms with E-state index in [1.54, 1.807) is 6.92 Å². The summed E-state index contributed by atoms with van der Waals surface area (Å²) in [5, 5.41) is 0. The van der Waals surface area contributed by atoms with Gasteiger partial charge >= 0.3 is 0 Å². The fourth-order valence-electron chi connectivity index (χ4n) is 0.249. The highest BCUT2D eigenvalue weighted by Gasteiger charge is 2.22. The molecule has 2 heteroatoms. The highest BCUT2D eigenvalue weighted by atomic mass is 79.9. The Hall–Kier alpha value is 0.150. The number of hydrogen-bond acceptors (Lipinski definition) is 1. The molecule has 0 radical (unpaired) electrons.